The minimum Gasteiger partial charge on any atom is -0.454 e. The van der Waals surface area contributed by atoms with Gasteiger partial charge in [0.15, 0.2) is 19.8 Å². The van der Waals surface area contributed by atoms with Gasteiger partial charge in [0.05, 0.1) is 10.9 Å². The lowest BCUT2D eigenvalue weighted by Gasteiger charge is -2.10. The molecule has 1 aliphatic heterocycles. The van der Waals surface area contributed by atoms with E-state index in [0.29, 0.717) is 21.1 Å². The number of rotatable bonds is 5. The number of amides is 1. The zero-order valence-electron chi connectivity index (χ0n) is 14.2. The Balaban J connectivity index is 1.44. The van der Waals surface area contributed by atoms with E-state index in [-0.39, 0.29) is 18.0 Å². The summed E-state index contributed by atoms with van der Waals surface area (Å²) in [5, 5.41) is 7.09. The molecule has 2 heterocycles. The van der Waals surface area contributed by atoms with Crippen molar-refractivity contribution in [2.45, 2.75) is 16.5 Å². The van der Waals surface area contributed by atoms with Crippen LogP contribution in [0.4, 0.5) is 5.69 Å². The monoisotopic (exact) mass is 417 g/mol. The van der Waals surface area contributed by atoms with Crippen LogP contribution in [-0.2, 0) is 4.79 Å². The van der Waals surface area contributed by atoms with E-state index < -0.39 is 0 Å². The molecule has 27 heavy (non-hydrogen) atoms. The van der Waals surface area contributed by atoms with E-state index >= 15 is 0 Å². The van der Waals surface area contributed by atoms with Gasteiger partial charge < -0.3 is 14.8 Å². The molecular formula is C18H15N3O3S3. The number of nitrogens with zero attached hydrogens (tertiary/aromatic N) is 2. The quantitative estimate of drug-likeness (QED) is 0.487. The molecule has 0 spiro atoms. The molecule has 4 rings (SSSR count). The number of thioether (sulfide) groups is 1. The van der Waals surface area contributed by atoms with Crippen LogP contribution in [0, 0.1) is 3.95 Å². The molecule has 1 aromatic heterocycles. The number of benzene rings is 2. The number of aromatic nitrogens is 2. The third-order valence-corrected chi connectivity index (χ3v) is 6.23. The molecule has 0 saturated heterocycles. The number of hydrogen-bond acceptors (Lipinski definition) is 7. The average molecular weight is 418 g/mol. The fourth-order valence-corrected chi connectivity index (χ4v) is 4.97. The lowest BCUT2D eigenvalue weighted by atomic mass is 10.2. The standard InChI is InChI=1S/C18H15N3O3S3/c1-11(16(22)19-12-7-8-14-15(9-12)24-10-23-14)26-17-20-21(18(25)27-17)13-5-3-2-4-6-13/h2-9,11H,10H2,1H3,(H,19,22)/t11-/m0/s1. The zero-order chi connectivity index (χ0) is 18.8. The number of nitrogens with one attached hydrogen (secondary N) is 1. The van der Waals surface area contributed by atoms with E-state index in [1.165, 1.54) is 23.1 Å². The highest BCUT2D eigenvalue weighted by atomic mass is 32.2. The number of carbonyl (C=O) groups excluding carboxylic acids is 1. The van der Waals surface area contributed by atoms with Gasteiger partial charge in [-0.2, -0.15) is 0 Å². The van der Waals surface area contributed by atoms with Gasteiger partial charge in [-0.15, -0.1) is 5.10 Å². The maximum atomic E-state index is 12.5. The second-order valence-corrected chi connectivity index (χ2v) is 8.91. The molecule has 138 valence electrons. The topological polar surface area (TPSA) is 65.4 Å². The van der Waals surface area contributed by atoms with Gasteiger partial charge in [-0.05, 0) is 43.4 Å². The number of hydrogen-bond donors (Lipinski definition) is 1. The van der Waals surface area contributed by atoms with Crippen LogP contribution in [0.15, 0.2) is 52.9 Å². The van der Waals surface area contributed by atoms with E-state index in [9.17, 15) is 4.79 Å². The van der Waals surface area contributed by atoms with Crippen molar-refractivity contribution >= 4 is 46.9 Å². The van der Waals surface area contributed by atoms with Crippen LogP contribution in [0.1, 0.15) is 6.92 Å². The summed E-state index contributed by atoms with van der Waals surface area (Å²) in [5.74, 6) is 1.19. The van der Waals surface area contributed by atoms with Gasteiger partial charge in [-0.3, -0.25) is 4.79 Å². The van der Waals surface area contributed by atoms with Crippen molar-refractivity contribution in [3.8, 4) is 17.2 Å². The van der Waals surface area contributed by atoms with Gasteiger partial charge in [-0.25, -0.2) is 4.68 Å². The van der Waals surface area contributed by atoms with Crippen molar-refractivity contribution in [1.82, 2.24) is 9.78 Å². The Hall–Kier alpha value is -2.36. The minimum atomic E-state index is -0.333. The Labute approximate surface area is 169 Å². The maximum absolute atomic E-state index is 12.5. The van der Waals surface area contributed by atoms with Crippen molar-refractivity contribution in [3.05, 3.63) is 52.5 Å². The first-order valence-corrected chi connectivity index (χ1v) is 10.2. The number of anilines is 1. The smallest absolute Gasteiger partial charge is 0.237 e. The molecule has 6 nitrogen and oxygen atoms in total. The second kappa shape index (κ2) is 7.71. The fourth-order valence-electron chi connectivity index (χ4n) is 2.46. The Morgan fingerprint density at radius 3 is 2.85 bits per heavy atom. The molecular weight excluding hydrogens is 402 g/mol. The first-order valence-electron chi connectivity index (χ1n) is 8.13. The van der Waals surface area contributed by atoms with E-state index in [1.807, 2.05) is 37.3 Å². The zero-order valence-corrected chi connectivity index (χ0v) is 16.7. The normalized spacial score (nSPS) is 13.4. The molecule has 2 aromatic carbocycles. The van der Waals surface area contributed by atoms with Crippen LogP contribution in [0.3, 0.4) is 0 Å². The molecule has 0 saturated carbocycles. The largest absolute Gasteiger partial charge is 0.454 e. The summed E-state index contributed by atoms with van der Waals surface area (Å²) in [6, 6.07) is 15.0. The summed E-state index contributed by atoms with van der Waals surface area (Å²) in [5.41, 5.74) is 1.57. The van der Waals surface area contributed by atoms with E-state index in [2.05, 4.69) is 10.4 Å². The molecule has 1 amide bonds. The summed E-state index contributed by atoms with van der Waals surface area (Å²) in [7, 11) is 0. The highest BCUT2D eigenvalue weighted by Gasteiger charge is 2.19. The van der Waals surface area contributed by atoms with Crippen LogP contribution in [-0.4, -0.2) is 27.7 Å². The van der Waals surface area contributed by atoms with Gasteiger partial charge in [0.2, 0.25) is 12.7 Å². The van der Waals surface area contributed by atoms with E-state index in [4.69, 9.17) is 21.7 Å². The first kappa shape index (κ1) is 18.0. The maximum Gasteiger partial charge on any atom is 0.237 e. The minimum absolute atomic E-state index is 0.119. The molecule has 0 bridgehead atoms. The van der Waals surface area contributed by atoms with Crippen molar-refractivity contribution in [2.75, 3.05) is 12.1 Å². The SMILES string of the molecule is C[C@H](Sc1nn(-c2ccccc2)c(=S)s1)C(=O)Nc1ccc2c(c1)OCO2. The molecule has 1 atom stereocenters. The lowest BCUT2D eigenvalue weighted by Crippen LogP contribution is -2.22. The lowest BCUT2D eigenvalue weighted by molar-refractivity contribution is -0.115. The van der Waals surface area contributed by atoms with Gasteiger partial charge in [0.25, 0.3) is 0 Å². The molecule has 9 heteroatoms. The summed E-state index contributed by atoms with van der Waals surface area (Å²) in [4.78, 5) is 12.5. The van der Waals surface area contributed by atoms with Crippen LogP contribution < -0.4 is 14.8 Å². The molecule has 0 unspecified atom stereocenters. The Morgan fingerprint density at radius 1 is 1.26 bits per heavy atom. The second-order valence-electron chi connectivity index (χ2n) is 5.70. The number of fused-ring (bicyclic) bond motifs is 1. The predicted molar refractivity (Wildman–Crippen MR) is 109 cm³/mol. The molecule has 3 aromatic rings. The summed E-state index contributed by atoms with van der Waals surface area (Å²) in [6.45, 7) is 2.04. The van der Waals surface area contributed by atoms with Gasteiger partial charge in [0.1, 0.15) is 0 Å². The molecule has 1 N–H and O–H groups in total. The molecule has 0 radical (unpaired) electrons. The predicted octanol–water partition coefficient (Wildman–Crippen LogP) is 4.51. The summed E-state index contributed by atoms with van der Waals surface area (Å²) < 4.78 is 13.7. The Kier molecular flexibility index (Phi) is 5.15. The highest BCUT2D eigenvalue weighted by Crippen LogP contribution is 2.34. The first-order chi connectivity index (χ1) is 13.1. The van der Waals surface area contributed by atoms with Crippen LogP contribution in [0.5, 0.6) is 11.5 Å². The third kappa shape index (κ3) is 4.00. The summed E-state index contributed by atoms with van der Waals surface area (Å²) >= 11 is 8.17. The van der Waals surface area contributed by atoms with Crippen LogP contribution in [0.2, 0.25) is 0 Å². The van der Waals surface area contributed by atoms with E-state index in [0.717, 1.165) is 10.0 Å². The number of para-hydroxylation sites is 1. The molecule has 0 fully saturated rings. The third-order valence-electron chi connectivity index (χ3n) is 3.82. The fraction of sp³-hybridized carbons (Fsp3) is 0.167. The van der Waals surface area contributed by atoms with Gasteiger partial charge in [0, 0.05) is 11.8 Å². The van der Waals surface area contributed by atoms with Crippen molar-refractivity contribution in [3.63, 3.8) is 0 Å². The van der Waals surface area contributed by atoms with Crippen LogP contribution in [0.25, 0.3) is 5.69 Å². The van der Waals surface area contributed by atoms with Crippen molar-refractivity contribution < 1.29 is 14.3 Å². The summed E-state index contributed by atoms with van der Waals surface area (Å²) in [6.07, 6.45) is 0. The van der Waals surface area contributed by atoms with Gasteiger partial charge in [-0.1, -0.05) is 41.3 Å². The van der Waals surface area contributed by atoms with E-state index in [1.54, 1.807) is 22.9 Å². The number of ether oxygens (including phenoxy) is 2. The molecule has 1 aliphatic rings. The van der Waals surface area contributed by atoms with Crippen molar-refractivity contribution in [2.24, 2.45) is 0 Å². The van der Waals surface area contributed by atoms with Crippen molar-refractivity contribution in [1.29, 1.82) is 0 Å². The highest BCUT2D eigenvalue weighted by molar-refractivity contribution is 8.02. The molecule has 0 aliphatic carbocycles. The Bertz CT molecular complexity index is 1030. The Morgan fingerprint density at radius 2 is 2.04 bits per heavy atom. The number of carbonyl (C=O) groups is 1. The van der Waals surface area contributed by atoms with Crippen LogP contribution >= 0.6 is 35.3 Å². The van der Waals surface area contributed by atoms with Gasteiger partial charge >= 0.3 is 0 Å². The average Bonchev–Trinajstić information content (AvgIpc) is 3.28.